The van der Waals surface area contributed by atoms with E-state index in [1.165, 1.54) is 0 Å². The summed E-state index contributed by atoms with van der Waals surface area (Å²) in [6.07, 6.45) is 1.61. The van der Waals surface area contributed by atoms with E-state index in [0.717, 1.165) is 26.0 Å². The summed E-state index contributed by atoms with van der Waals surface area (Å²) in [7, 11) is 3.17. The molecule has 1 aromatic rings. The Morgan fingerprint density at radius 3 is 2.77 bits per heavy atom. The van der Waals surface area contributed by atoms with Crippen LogP contribution in [0.1, 0.15) is 31.4 Å². The number of halogens is 1. The van der Waals surface area contributed by atoms with Crippen molar-refractivity contribution in [1.82, 2.24) is 10.6 Å². The zero-order chi connectivity index (χ0) is 18.1. The van der Waals surface area contributed by atoms with Crippen LogP contribution in [0.15, 0.2) is 23.2 Å². The number of ether oxygens (including phenoxy) is 3. The molecule has 2 atom stereocenters. The van der Waals surface area contributed by atoms with Gasteiger partial charge in [-0.3, -0.25) is 4.99 Å². The third kappa shape index (κ3) is 6.81. The smallest absolute Gasteiger partial charge is 0.191 e. The third-order valence-corrected chi connectivity index (χ3v) is 4.08. The van der Waals surface area contributed by atoms with Crippen molar-refractivity contribution in [1.29, 1.82) is 0 Å². The van der Waals surface area contributed by atoms with Crippen molar-refractivity contribution >= 4 is 29.9 Å². The van der Waals surface area contributed by atoms with E-state index in [9.17, 15) is 5.11 Å². The molecule has 0 aromatic heterocycles. The maximum absolute atomic E-state index is 10.5. The van der Waals surface area contributed by atoms with Crippen LogP contribution in [0.2, 0.25) is 0 Å². The molecule has 0 aliphatic carbocycles. The summed E-state index contributed by atoms with van der Waals surface area (Å²) in [5.74, 6) is 1.95. The van der Waals surface area contributed by atoms with Crippen LogP contribution < -0.4 is 20.1 Å². The molecule has 2 rings (SSSR count). The molecule has 1 aliphatic rings. The molecule has 3 N–H and O–H groups in total. The molecule has 0 amide bonds. The molecule has 2 unspecified atom stereocenters. The Bertz CT molecular complexity index is 565. The first-order valence-electron chi connectivity index (χ1n) is 8.71. The van der Waals surface area contributed by atoms with Gasteiger partial charge in [-0.2, -0.15) is 0 Å². The number of aliphatic hydroxyl groups is 1. The predicted octanol–water partition coefficient (Wildman–Crippen LogP) is 2.09. The molecule has 0 bridgehead atoms. The fraction of sp³-hybridized carbons (Fsp3) is 0.611. The highest BCUT2D eigenvalue weighted by Crippen LogP contribution is 2.29. The number of hydrogen-bond donors (Lipinski definition) is 3. The fourth-order valence-corrected chi connectivity index (χ4v) is 2.73. The number of rotatable bonds is 8. The summed E-state index contributed by atoms with van der Waals surface area (Å²) in [5.41, 5.74) is 0.653. The minimum absolute atomic E-state index is 0. The SMILES string of the molecule is CCNC(=NCC(O)c1cc(OC)ccc1OC)NCC1CCCO1.I. The Labute approximate surface area is 172 Å². The lowest BCUT2D eigenvalue weighted by molar-refractivity contribution is 0.113. The fourth-order valence-electron chi connectivity index (χ4n) is 2.73. The Morgan fingerprint density at radius 1 is 1.35 bits per heavy atom. The third-order valence-electron chi connectivity index (χ3n) is 4.08. The average Bonchev–Trinajstić information content (AvgIpc) is 3.16. The lowest BCUT2D eigenvalue weighted by Gasteiger charge is -2.17. The molecule has 0 saturated carbocycles. The normalized spacial score (nSPS) is 18.0. The van der Waals surface area contributed by atoms with Crippen LogP contribution in [-0.2, 0) is 4.74 Å². The molecule has 1 aliphatic heterocycles. The van der Waals surface area contributed by atoms with E-state index >= 15 is 0 Å². The van der Waals surface area contributed by atoms with Gasteiger partial charge in [-0.15, -0.1) is 24.0 Å². The monoisotopic (exact) mass is 479 g/mol. The van der Waals surface area contributed by atoms with Crippen molar-refractivity contribution in [3.05, 3.63) is 23.8 Å². The number of aliphatic hydroxyl groups excluding tert-OH is 1. The first-order chi connectivity index (χ1) is 12.2. The largest absolute Gasteiger partial charge is 0.497 e. The Kier molecular flexibility index (Phi) is 10.7. The molecule has 7 nitrogen and oxygen atoms in total. The van der Waals surface area contributed by atoms with E-state index in [0.29, 0.717) is 29.6 Å². The molecule has 0 radical (unpaired) electrons. The molecular formula is C18H30IN3O4. The Balaban J connectivity index is 0.00000338. The van der Waals surface area contributed by atoms with Crippen LogP contribution >= 0.6 is 24.0 Å². The maximum Gasteiger partial charge on any atom is 0.191 e. The summed E-state index contributed by atoms with van der Waals surface area (Å²) in [5, 5.41) is 17.0. The van der Waals surface area contributed by atoms with Gasteiger partial charge in [-0.1, -0.05) is 0 Å². The first kappa shape index (κ1) is 22.8. The number of benzene rings is 1. The summed E-state index contributed by atoms with van der Waals surface area (Å²) in [6, 6.07) is 5.35. The van der Waals surface area contributed by atoms with Crippen molar-refractivity contribution < 1.29 is 19.3 Å². The molecule has 26 heavy (non-hydrogen) atoms. The van der Waals surface area contributed by atoms with Gasteiger partial charge in [0.25, 0.3) is 0 Å². The number of nitrogens with one attached hydrogen (secondary N) is 2. The number of guanidine groups is 1. The van der Waals surface area contributed by atoms with Crippen LogP contribution in [0.4, 0.5) is 0 Å². The molecular weight excluding hydrogens is 449 g/mol. The van der Waals surface area contributed by atoms with Gasteiger partial charge in [-0.25, -0.2) is 0 Å². The van der Waals surface area contributed by atoms with Crippen LogP contribution in [0.25, 0.3) is 0 Å². The maximum atomic E-state index is 10.5. The van der Waals surface area contributed by atoms with Gasteiger partial charge in [0.15, 0.2) is 5.96 Å². The highest BCUT2D eigenvalue weighted by atomic mass is 127. The zero-order valence-electron chi connectivity index (χ0n) is 15.7. The zero-order valence-corrected chi connectivity index (χ0v) is 18.0. The van der Waals surface area contributed by atoms with Crippen LogP contribution in [0.3, 0.4) is 0 Å². The van der Waals surface area contributed by atoms with Gasteiger partial charge in [-0.05, 0) is 38.0 Å². The van der Waals surface area contributed by atoms with Crippen molar-refractivity contribution in [3.8, 4) is 11.5 Å². The van der Waals surface area contributed by atoms with Crippen LogP contribution in [0.5, 0.6) is 11.5 Å². The van der Waals surface area contributed by atoms with Crippen molar-refractivity contribution in [2.75, 3.05) is 40.5 Å². The lowest BCUT2D eigenvalue weighted by Crippen LogP contribution is -2.41. The summed E-state index contributed by atoms with van der Waals surface area (Å²) in [6.45, 7) is 4.50. The van der Waals surface area contributed by atoms with Gasteiger partial charge in [0.1, 0.15) is 17.6 Å². The minimum atomic E-state index is -0.789. The Morgan fingerprint density at radius 2 is 2.15 bits per heavy atom. The van der Waals surface area contributed by atoms with Gasteiger partial charge < -0.3 is 30.0 Å². The van der Waals surface area contributed by atoms with Gasteiger partial charge >= 0.3 is 0 Å². The Hall–Kier alpha value is -1.26. The highest BCUT2D eigenvalue weighted by Gasteiger charge is 2.17. The molecule has 1 heterocycles. The van der Waals surface area contributed by atoms with Crippen molar-refractivity contribution in [3.63, 3.8) is 0 Å². The second-order valence-electron chi connectivity index (χ2n) is 5.86. The van der Waals surface area contributed by atoms with E-state index in [4.69, 9.17) is 14.2 Å². The minimum Gasteiger partial charge on any atom is -0.497 e. The number of methoxy groups -OCH3 is 2. The summed E-state index contributed by atoms with van der Waals surface area (Å²) < 4.78 is 16.2. The lowest BCUT2D eigenvalue weighted by atomic mass is 10.1. The molecule has 1 aromatic carbocycles. The van der Waals surface area contributed by atoms with Gasteiger partial charge in [0.2, 0.25) is 0 Å². The topological polar surface area (TPSA) is 84.3 Å². The van der Waals surface area contributed by atoms with E-state index in [1.807, 2.05) is 6.92 Å². The molecule has 1 fully saturated rings. The standard InChI is InChI=1S/C18H29N3O4.HI/c1-4-19-18(20-11-14-6-5-9-25-14)21-12-16(22)15-10-13(23-2)7-8-17(15)24-3;/h7-8,10,14,16,22H,4-6,9,11-12H2,1-3H3,(H2,19,20,21);1H. The second-order valence-corrected chi connectivity index (χ2v) is 5.86. The number of hydrogen-bond acceptors (Lipinski definition) is 5. The van der Waals surface area contributed by atoms with E-state index in [1.54, 1.807) is 32.4 Å². The van der Waals surface area contributed by atoms with Crippen molar-refractivity contribution in [2.45, 2.75) is 32.0 Å². The van der Waals surface area contributed by atoms with Gasteiger partial charge in [0, 0.05) is 25.3 Å². The van der Waals surface area contributed by atoms with Gasteiger partial charge in [0.05, 0.1) is 26.9 Å². The molecule has 148 valence electrons. The summed E-state index contributed by atoms with van der Waals surface area (Å²) in [4.78, 5) is 4.47. The van der Waals surface area contributed by atoms with E-state index < -0.39 is 6.10 Å². The quantitative estimate of drug-likeness (QED) is 0.301. The molecule has 1 saturated heterocycles. The summed E-state index contributed by atoms with van der Waals surface area (Å²) >= 11 is 0. The predicted molar refractivity (Wildman–Crippen MR) is 113 cm³/mol. The number of nitrogens with zero attached hydrogens (tertiary/aromatic N) is 1. The second kappa shape index (κ2) is 12.2. The number of aliphatic imine (C=N–C) groups is 1. The van der Waals surface area contributed by atoms with Crippen molar-refractivity contribution in [2.24, 2.45) is 4.99 Å². The average molecular weight is 479 g/mol. The molecule has 0 spiro atoms. The van der Waals surface area contributed by atoms with E-state index in [2.05, 4.69) is 15.6 Å². The molecule has 8 heteroatoms. The van der Waals surface area contributed by atoms with E-state index in [-0.39, 0.29) is 36.6 Å². The highest BCUT2D eigenvalue weighted by molar-refractivity contribution is 14.0. The first-order valence-corrected chi connectivity index (χ1v) is 8.71. The van der Waals surface area contributed by atoms with Crippen LogP contribution in [0, 0.1) is 0 Å². The van der Waals surface area contributed by atoms with Crippen LogP contribution in [-0.4, -0.2) is 57.6 Å².